The normalized spacial score (nSPS) is 10.5. The number of aromatic nitrogens is 2. The third-order valence-corrected chi connectivity index (χ3v) is 4.19. The Morgan fingerprint density at radius 3 is 2.95 bits per heavy atom. The average Bonchev–Trinajstić information content (AvgIpc) is 2.93. The molecule has 2 aromatic rings. The molecule has 0 saturated carbocycles. The summed E-state index contributed by atoms with van der Waals surface area (Å²) < 4.78 is 0.981. The van der Waals surface area contributed by atoms with Crippen molar-refractivity contribution in [2.24, 2.45) is 0 Å². The van der Waals surface area contributed by atoms with Crippen LogP contribution in [0.3, 0.4) is 0 Å². The van der Waals surface area contributed by atoms with Gasteiger partial charge in [-0.25, -0.2) is 4.68 Å². The Labute approximate surface area is 129 Å². The van der Waals surface area contributed by atoms with Gasteiger partial charge in [0.05, 0.1) is 11.2 Å². The van der Waals surface area contributed by atoms with E-state index in [0.29, 0.717) is 6.54 Å². The van der Waals surface area contributed by atoms with Gasteiger partial charge in [0, 0.05) is 11.4 Å². The first-order valence-electron chi connectivity index (χ1n) is 5.78. The fourth-order valence-corrected chi connectivity index (χ4v) is 2.51. The molecule has 20 heavy (non-hydrogen) atoms. The van der Waals surface area contributed by atoms with Gasteiger partial charge in [-0.15, -0.1) is 11.3 Å². The summed E-state index contributed by atoms with van der Waals surface area (Å²) in [5, 5.41) is 8.41. The highest BCUT2D eigenvalue weighted by Crippen LogP contribution is 2.14. The zero-order valence-electron chi connectivity index (χ0n) is 10.3. The zero-order valence-corrected chi connectivity index (χ0v) is 12.6. The number of halogens is 2. The molecule has 8 heteroatoms. The average molecular weight is 332 g/mol. The summed E-state index contributed by atoms with van der Waals surface area (Å²) in [5.74, 6) is -0.297. The number of nitrogens with one attached hydrogen (secondary N) is 1. The summed E-state index contributed by atoms with van der Waals surface area (Å²) in [5.41, 5.74) is -0.576. The van der Waals surface area contributed by atoms with Crippen molar-refractivity contribution in [1.82, 2.24) is 15.1 Å². The van der Waals surface area contributed by atoms with E-state index in [9.17, 15) is 9.59 Å². The molecular weight excluding hydrogens is 321 g/mol. The summed E-state index contributed by atoms with van der Waals surface area (Å²) in [4.78, 5) is 24.6. The van der Waals surface area contributed by atoms with Gasteiger partial charge < -0.3 is 5.32 Å². The molecule has 0 atom stereocenters. The number of amides is 1. The SMILES string of the molecule is O=C(Cn1ncc(Cl)c(Cl)c1=O)NCCc1cccs1. The molecule has 0 aliphatic heterocycles. The first-order chi connectivity index (χ1) is 9.58. The van der Waals surface area contributed by atoms with Crippen molar-refractivity contribution in [3.05, 3.63) is 49.0 Å². The van der Waals surface area contributed by atoms with Crippen LogP contribution in [0.4, 0.5) is 0 Å². The Balaban J connectivity index is 1.88. The van der Waals surface area contributed by atoms with E-state index >= 15 is 0 Å². The van der Waals surface area contributed by atoms with Gasteiger partial charge in [-0.05, 0) is 17.9 Å². The largest absolute Gasteiger partial charge is 0.354 e. The van der Waals surface area contributed by atoms with E-state index in [1.165, 1.54) is 11.1 Å². The standard InChI is InChI=1S/C12H11Cl2N3O2S/c13-9-6-16-17(12(19)11(9)14)7-10(18)15-4-3-8-2-1-5-20-8/h1-2,5-6H,3-4,7H2,(H,15,18). The van der Waals surface area contributed by atoms with Crippen LogP contribution in [-0.4, -0.2) is 22.2 Å². The highest BCUT2D eigenvalue weighted by molar-refractivity contribution is 7.09. The van der Waals surface area contributed by atoms with Gasteiger partial charge in [-0.2, -0.15) is 5.10 Å². The lowest BCUT2D eigenvalue weighted by Crippen LogP contribution is -2.34. The topological polar surface area (TPSA) is 64.0 Å². The highest BCUT2D eigenvalue weighted by atomic mass is 35.5. The Morgan fingerprint density at radius 2 is 2.25 bits per heavy atom. The molecule has 0 aromatic carbocycles. The third-order valence-electron chi connectivity index (χ3n) is 2.51. The van der Waals surface area contributed by atoms with E-state index in [1.807, 2.05) is 17.5 Å². The fraction of sp³-hybridized carbons (Fsp3) is 0.250. The van der Waals surface area contributed by atoms with Crippen LogP contribution >= 0.6 is 34.5 Å². The Morgan fingerprint density at radius 1 is 1.45 bits per heavy atom. The predicted octanol–water partition coefficient (Wildman–Crippen LogP) is 1.97. The monoisotopic (exact) mass is 331 g/mol. The molecule has 0 aliphatic rings. The molecule has 0 saturated heterocycles. The van der Waals surface area contributed by atoms with Crippen molar-refractivity contribution in [3.8, 4) is 0 Å². The number of carbonyl (C=O) groups is 1. The summed E-state index contributed by atoms with van der Waals surface area (Å²) in [6, 6.07) is 3.96. The van der Waals surface area contributed by atoms with E-state index in [4.69, 9.17) is 23.2 Å². The van der Waals surface area contributed by atoms with Crippen molar-refractivity contribution in [2.75, 3.05) is 6.54 Å². The molecule has 106 valence electrons. The molecule has 1 amide bonds. The number of rotatable bonds is 5. The third kappa shape index (κ3) is 3.82. The van der Waals surface area contributed by atoms with Crippen molar-refractivity contribution < 1.29 is 4.79 Å². The van der Waals surface area contributed by atoms with Gasteiger partial charge in [0.25, 0.3) is 5.56 Å². The maximum atomic E-state index is 11.7. The molecule has 0 bridgehead atoms. The van der Waals surface area contributed by atoms with Gasteiger partial charge in [-0.3, -0.25) is 9.59 Å². The number of hydrogen-bond donors (Lipinski definition) is 1. The minimum atomic E-state index is -0.576. The first kappa shape index (κ1) is 15.0. The highest BCUT2D eigenvalue weighted by Gasteiger charge is 2.10. The quantitative estimate of drug-likeness (QED) is 0.910. The summed E-state index contributed by atoms with van der Waals surface area (Å²) in [6.45, 7) is 0.329. The molecule has 0 unspecified atom stereocenters. The van der Waals surface area contributed by atoms with Gasteiger partial charge >= 0.3 is 0 Å². The Hall–Kier alpha value is -1.37. The lowest BCUT2D eigenvalue weighted by Gasteiger charge is -2.06. The number of thiophene rings is 1. The van der Waals surface area contributed by atoms with Crippen LogP contribution < -0.4 is 10.9 Å². The van der Waals surface area contributed by atoms with E-state index < -0.39 is 5.56 Å². The van der Waals surface area contributed by atoms with Crippen LogP contribution in [0, 0.1) is 0 Å². The number of nitrogens with zero attached hydrogens (tertiary/aromatic N) is 2. The molecule has 0 spiro atoms. The lowest BCUT2D eigenvalue weighted by molar-refractivity contribution is -0.121. The van der Waals surface area contributed by atoms with Crippen LogP contribution in [0.25, 0.3) is 0 Å². The van der Waals surface area contributed by atoms with Crippen molar-refractivity contribution in [1.29, 1.82) is 0 Å². The maximum Gasteiger partial charge on any atom is 0.287 e. The fourth-order valence-electron chi connectivity index (χ4n) is 1.53. The molecule has 2 rings (SSSR count). The molecule has 0 fully saturated rings. The lowest BCUT2D eigenvalue weighted by atomic mass is 10.3. The molecular formula is C12H11Cl2N3O2S. The van der Waals surface area contributed by atoms with E-state index in [-0.39, 0.29) is 22.5 Å². The predicted molar refractivity (Wildman–Crippen MR) is 79.5 cm³/mol. The van der Waals surface area contributed by atoms with E-state index in [2.05, 4.69) is 10.4 Å². The second-order valence-corrected chi connectivity index (χ2v) is 5.77. The minimum absolute atomic E-state index is 0.0750. The smallest absolute Gasteiger partial charge is 0.287 e. The summed E-state index contributed by atoms with van der Waals surface area (Å²) in [6.07, 6.45) is 2.00. The van der Waals surface area contributed by atoms with Crippen LogP contribution in [0.2, 0.25) is 10.0 Å². The second-order valence-electron chi connectivity index (χ2n) is 3.95. The van der Waals surface area contributed by atoms with Gasteiger partial charge in [-0.1, -0.05) is 29.3 Å². The summed E-state index contributed by atoms with van der Waals surface area (Å²) in [7, 11) is 0. The number of hydrogen-bond acceptors (Lipinski definition) is 4. The Kier molecular flexibility index (Phi) is 5.17. The molecule has 1 N–H and O–H groups in total. The maximum absolute atomic E-state index is 11.7. The van der Waals surface area contributed by atoms with Gasteiger partial charge in [0.1, 0.15) is 11.6 Å². The van der Waals surface area contributed by atoms with Crippen LogP contribution in [0.1, 0.15) is 4.88 Å². The molecule has 2 heterocycles. The molecule has 0 radical (unpaired) electrons. The van der Waals surface area contributed by atoms with Gasteiger partial charge in [0.15, 0.2) is 0 Å². The van der Waals surface area contributed by atoms with E-state index in [1.54, 1.807) is 11.3 Å². The Bertz CT molecular complexity index is 655. The zero-order chi connectivity index (χ0) is 14.5. The van der Waals surface area contributed by atoms with Crippen molar-refractivity contribution in [2.45, 2.75) is 13.0 Å². The molecule has 2 aromatic heterocycles. The van der Waals surface area contributed by atoms with E-state index in [0.717, 1.165) is 11.1 Å². The van der Waals surface area contributed by atoms with Gasteiger partial charge in [0.2, 0.25) is 5.91 Å². The second kappa shape index (κ2) is 6.88. The number of carbonyl (C=O) groups excluding carboxylic acids is 1. The van der Waals surface area contributed by atoms with Crippen LogP contribution in [0.5, 0.6) is 0 Å². The van der Waals surface area contributed by atoms with Crippen LogP contribution in [-0.2, 0) is 17.8 Å². The van der Waals surface area contributed by atoms with Crippen molar-refractivity contribution >= 4 is 40.4 Å². The molecule has 5 nitrogen and oxygen atoms in total. The van der Waals surface area contributed by atoms with Crippen LogP contribution in [0.15, 0.2) is 28.5 Å². The first-order valence-corrected chi connectivity index (χ1v) is 7.41. The molecule has 0 aliphatic carbocycles. The minimum Gasteiger partial charge on any atom is -0.354 e. The summed E-state index contributed by atoms with van der Waals surface area (Å²) >= 11 is 13.0. The van der Waals surface area contributed by atoms with Crippen molar-refractivity contribution in [3.63, 3.8) is 0 Å².